The van der Waals surface area contributed by atoms with Crippen LogP contribution in [0, 0.1) is 34.5 Å². The number of sulfonamides is 2. The number of nitrogens with zero attached hydrogens (tertiary/aromatic N) is 6. The van der Waals surface area contributed by atoms with E-state index in [1.165, 1.54) is 24.3 Å². The Balaban J connectivity index is 0.522. The van der Waals surface area contributed by atoms with Crippen molar-refractivity contribution in [3.63, 3.8) is 0 Å². The highest BCUT2D eigenvalue weighted by molar-refractivity contribution is 7.90. The minimum atomic E-state index is -4.17. The van der Waals surface area contributed by atoms with E-state index in [-0.39, 0.29) is 60.2 Å². The van der Waals surface area contributed by atoms with Gasteiger partial charge in [0.25, 0.3) is 20.0 Å². The zero-order chi connectivity index (χ0) is 66.2. The Morgan fingerprint density at radius 3 is 1.30 bits per heavy atom. The number of piperazine rings is 2. The summed E-state index contributed by atoms with van der Waals surface area (Å²) in [5.74, 6) is -1.32. The molecule has 4 heterocycles. The third kappa shape index (κ3) is 18.6. The molecule has 4 aliphatic heterocycles. The molecule has 26 nitrogen and oxygen atoms in total. The zero-order valence-electron chi connectivity index (χ0n) is 52.3. The topological polar surface area (TPSA) is 330 Å². The lowest BCUT2D eigenvalue weighted by molar-refractivity contribution is -0.123. The van der Waals surface area contributed by atoms with Crippen LogP contribution in [0.1, 0.15) is 71.3 Å². The van der Waals surface area contributed by atoms with Crippen LogP contribution in [-0.4, -0.2) is 217 Å². The van der Waals surface area contributed by atoms with Gasteiger partial charge in [-0.15, -0.1) is 0 Å². The Morgan fingerprint density at radius 1 is 0.532 bits per heavy atom. The van der Waals surface area contributed by atoms with Gasteiger partial charge in [-0.05, 0) is 147 Å². The summed E-state index contributed by atoms with van der Waals surface area (Å²) in [5, 5.41) is 38.4. The highest BCUT2D eigenvalue weighted by Gasteiger charge is 2.42. The number of hydrogen-bond acceptors (Lipinski definition) is 20. The quantitative estimate of drug-likeness (QED) is 0.0362. The number of fused-ring (bicyclic) bond motifs is 2. The molecular weight excluding hydrogens is 1290 g/mol. The second-order valence-corrected chi connectivity index (χ2v) is 28.4. The molecule has 0 unspecified atom stereocenters. The van der Waals surface area contributed by atoms with Crippen molar-refractivity contribution in [3.8, 4) is 23.6 Å². The number of carbonyl (C=O) groups excluding carboxylic acids is 4. The predicted octanol–water partition coefficient (Wildman–Crippen LogP) is 3.00. The van der Waals surface area contributed by atoms with Crippen molar-refractivity contribution in [3.05, 3.63) is 116 Å². The number of urea groups is 2. The number of unbranched alkanes of at least 4 members (excludes halogenated alkanes) is 1. The van der Waals surface area contributed by atoms with Gasteiger partial charge in [0.15, 0.2) is 0 Å². The number of likely N-dealkylation sites (tertiary alicyclic amines) is 2. The Labute approximate surface area is 559 Å². The lowest BCUT2D eigenvalue weighted by Crippen LogP contribution is -2.50. The van der Waals surface area contributed by atoms with Gasteiger partial charge in [-0.25, -0.2) is 35.9 Å². The predicted molar refractivity (Wildman–Crippen MR) is 349 cm³/mol. The van der Waals surface area contributed by atoms with Gasteiger partial charge in [0, 0.05) is 115 Å². The smallest absolute Gasteiger partial charge is 0.314 e. The molecule has 6 atom stereocenters. The normalized spacial score (nSPS) is 21.7. The maximum atomic E-state index is 13.4. The first-order chi connectivity index (χ1) is 45.4. The first kappa shape index (κ1) is 69.9. The Morgan fingerprint density at radius 2 is 0.915 bits per heavy atom. The number of hydrogen-bond donors (Lipinski definition) is 8. The maximum Gasteiger partial charge on any atom is 0.314 e. The molecule has 8 N–H and O–H groups in total. The van der Waals surface area contributed by atoms with Crippen LogP contribution in [0.3, 0.4) is 0 Å². The average Bonchev–Trinajstić information content (AvgIpc) is 1.62. The molecule has 4 aromatic carbocycles. The number of halogens is 2. The van der Waals surface area contributed by atoms with Crippen LogP contribution >= 0.6 is 23.2 Å². The van der Waals surface area contributed by atoms with E-state index in [2.05, 4.69) is 63.3 Å². The highest BCUT2D eigenvalue weighted by Crippen LogP contribution is 2.43. The van der Waals surface area contributed by atoms with Crippen molar-refractivity contribution in [1.82, 2.24) is 60.9 Å². The summed E-state index contributed by atoms with van der Waals surface area (Å²) >= 11 is 12.9. The van der Waals surface area contributed by atoms with Crippen LogP contribution in [0.2, 0.25) is 10.0 Å². The van der Waals surface area contributed by atoms with E-state index in [1.807, 2.05) is 21.9 Å². The first-order valence-electron chi connectivity index (χ1n) is 32.1. The number of ether oxygens (including phenoxy) is 4. The SMILES string of the molecule is N#Cc1cc(Cl)cc2c1C[C@H](N1CCNCC1)[C@H]2Oc1ccc(S(=O)(=O)NC(=O)[C@H]2CCN(CCOCCNC(=O)NCCCCNC(=O)NCCOCCN3CC[C@H](C(=O)NS(=O)(=O)c4ccc(O[C@H]5c6cc(Cl)cc(C#N)c6C[C@@H]5N5CCNCC5)cc4)C3)C2)cc1. The van der Waals surface area contributed by atoms with Crippen LogP contribution in [0.5, 0.6) is 11.5 Å². The van der Waals surface area contributed by atoms with Gasteiger partial charge in [-0.2, -0.15) is 10.5 Å². The van der Waals surface area contributed by atoms with Crippen molar-refractivity contribution in [2.45, 2.75) is 72.6 Å². The molecule has 506 valence electrons. The Kier molecular flexibility index (Phi) is 24.7. The lowest BCUT2D eigenvalue weighted by Gasteiger charge is -2.36. The van der Waals surface area contributed by atoms with Gasteiger partial charge in [-0.1, -0.05) is 23.2 Å². The summed E-state index contributed by atoms with van der Waals surface area (Å²) in [6.07, 6.45) is 2.62. The zero-order valence-corrected chi connectivity index (χ0v) is 55.5. The molecule has 0 aromatic heterocycles. The number of rotatable bonds is 29. The molecule has 0 bridgehead atoms. The minimum Gasteiger partial charge on any atom is -0.484 e. The van der Waals surface area contributed by atoms with Gasteiger partial charge in [0.1, 0.15) is 23.7 Å². The lowest BCUT2D eigenvalue weighted by atomic mass is 10.0. The van der Waals surface area contributed by atoms with Gasteiger partial charge in [0.2, 0.25) is 11.8 Å². The molecule has 94 heavy (non-hydrogen) atoms. The van der Waals surface area contributed by atoms with E-state index in [1.54, 1.807) is 36.4 Å². The fourth-order valence-corrected chi connectivity index (χ4v) is 15.6. The number of nitrogens with one attached hydrogen (secondary N) is 8. The van der Waals surface area contributed by atoms with Crippen molar-refractivity contribution in [2.24, 2.45) is 11.8 Å². The van der Waals surface area contributed by atoms with Gasteiger partial charge >= 0.3 is 12.1 Å². The summed E-state index contributed by atoms with van der Waals surface area (Å²) in [6, 6.07) is 22.7. The number of nitriles is 2. The van der Waals surface area contributed by atoms with E-state index in [4.69, 9.17) is 42.1 Å². The van der Waals surface area contributed by atoms with Gasteiger partial charge in [-0.3, -0.25) is 19.4 Å². The van der Waals surface area contributed by atoms with Crippen LogP contribution < -0.4 is 50.8 Å². The molecular formula is C64H82Cl2N14O12S2. The summed E-state index contributed by atoms with van der Waals surface area (Å²) < 4.78 is 82.4. The van der Waals surface area contributed by atoms with E-state index in [9.17, 15) is 46.5 Å². The Hall–Kier alpha value is -6.90. The van der Waals surface area contributed by atoms with E-state index < -0.39 is 55.9 Å². The number of amides is 6. The second kappa shape index (κ2) is 33.2. The summed E-state index contributed by atoms with van der Waals surface area (Å²) in [5.41, 5.74) is 4.53. The molecule has 4 fully saturated rings. The third-order valence-electron chi connectivity index (χ3n) is 18.0. The molecule has 0 spiro atoms. The van der Waals surface area contributed by atoms with Crippen LogP contribution in [-0.2, 0) is 52.0 Å². The van der Waals surface area contributed by atoms with E-state index in [0.29, 0.717) is 137 Å². The molecule has 10 rings (SSSR count). The van der Waals surface area contributed by atoms with Crippen LogP contribution in [0.25, 0.3) is 0 Å². The largest absolute Gasteiger partial charge is 0.484 e. The molecule has 4 saturated heterocycles. The molecule has 4 aromatic rings. The van der Waals surface area contributed by atoms with E-state index in [0.717, 1.165) is 74.6 Å². The fraction of sp³-hybridized carbons (Fsp3) is 0.531. The van der Waals surface area contributed by atoms with Crippen LogP contribution in [0.4, 0.5) is 9.59 Å². The molecule has 6 amide bonds. The standard InChI is InChI=1S/C64H82Cl2N14O12S2/c65-47-33-45(39-67)53-37-57(79-23-15-69-16-24-79)59(55(53)35-47)91-49-3-7-51(8-4-49)93(85,86)75-61(81)43-11-21-77(41-43)27-31-89-29-19-73-63(83)71-13-1-2-14-72-64(84)74-20-30-90-32-28-78-22-12-44(42-78)62(82)76-94(87,88)52-9-5-50(6-10-52)92-60-56-36-48(66)34-46(40-68)54(56)38-58(60)80-25-17-70-18-26-80/h3-10,33-36,43-44,57-60,69-70H,1-2,11-32,37-38,41-42H2,(H,75,81)(H,76,82)(H2,71,73,83)(H2,72,74,84)/t43-,44-,57-,58-,59-,60-/m0/s1. The maximum absolute atomic E-state index is 13.4. The Bertz CT molecular complexity index is 3390. The fourth-order valence-electron chi connectivity index (χ4n) is 13.1. The molecule has 6 aliphatic rings. The van der Waals surface area contributed by atoms with Crippen molar-refractivity contribution in [2.75, 3.05) is 144 Å². The monoisotopic (exact) mass is 1370 g/mol. The van der Waals surface area contributed by atoms with E-state index >= 15 is 0 Å². The molecule has 30 heteroatoms. The summed E-state index contributed by atoms with van der Waals surface area (Å²) in [7, 11) is -8.34. The second-order valence-electron chi connectivity index (χ2n) is 24.2. The minimum absolute atomic E-state index is 0.0409. The van der Waals surface area contributed by atoms with Crippen molar-refractivity contribution < 1.29 is 55.0 Å². The first-order valence-corrected chi connectivity index (χ1v) is 35.8. The van der Waals surface area contributed by atoms with Gasteiger partial charge in [0.05, 0.1) is 83.4 Å². The number of carbonyl (C=O) groups is 4. The third-order valence-corrected chi connectivity index (χ3v) is 21.2. The average molecular weight is 1370 g/mol. The summed E-state index contributed by atoms with van der Waals surface area (Å²) in [4.78, 5) is 59.6. The highest BCUT2D eigenvalue weighted by atomic mass is 35.5. The molecule has 0 radical (unpaired) electrons. The van der Waals surface area contributed by atoms with Crippen LogP contribution in [0.15, 0.2) is 82.6 Å². The van der Waals surface area contributed by atoms with Gasteiger partial charge < -0.3 is 60.6 Å². The van der Waals surface area contributed by atoms with Crippen molar-refractivity contribution >= 4 is 67.1 Å². The molecule has 0 saturated carbocycles. The van der Waals surface area contributed by atoms with Crippen molar-refractivity contribution in [1.29, 1.82) is 10.5 Å². The molecule has 2 aliphatic carbocycles. The number of benzene rings is 4. The summed E-state index contributed by atoms with van der Waals surface area (Å²) in [6.45, 7) is 12.2.